The summed E-state index contributed by atoms with van der Waals surface area (Å²) in [5.74, 6) is 0.574. The number of aromatic nitrogens is 2. The number of hydrogen-bond acceptors (Lipinski definition) is 7. The third-order valence-electron chi connectivity index (χ3n) is 5.39. The lowest BCUT2D eigenvalue weighted by atomic mass is 10.0. The first-order valence-electron chi connectivity index (χ1n) is 11.2. The highest BCUT2D eigenvalue weighted by Gasteiger charge is 2.19. The molecule has 8 heteroatoms. The molecule has 2 aromatic carbocycles. The van der Waals surface area contributed by atoms with Gasteiger partial charge in [0.25, 0.3) is 0 Å². The van der Waals surface area contributed by atoms with Crippen molar-refractivity contribution in [3.63, 3.8) is 0 Å². The first-order chi connectivity index (χ1) is 16.5. The van der Waals surface area contributed by atoms with E-state index >= 15 is 0 Å². The van der Waals surface area contributed by atoms with Crippen LogP contribution in [0, 0.1) is 12.7 Å². The maximum atomic E-state index is 13.6. The lowest BCUT2D eigenvalue weighted by Gasteiger charge is -2.29. The molecule has 0 saturated carbocycles. The summed E-state index contributed by atoms with van der Waals surface area (Å²) < 4.78 is 24.1. The van der Waals surface area contributed by atoms with Gasteiger partial charge in [0.15, 0.2) is 0 Å². The Morgan fingerprint density at radius 1 is 1.24 bits per heavy atom. The minimum Gasteiger partial charge on any atom is -0.463 e. The molecule has 2 heterocycles. The molecule has 1 N–H and O–H groups in total. The number of rotatable bonds is 7. The standard InChI is InChI=1S/C26H27FN4O3/c1-3-34-24(32)10-7-19-5-4-6-20(16-19)22-17-28-26(29-21-8-9-23(27)18(2)15-21)30-25(22)31-11-13-33-14-12-31/h4-10,15-17H,3,11-14H2,1-2H3,(H,28,29,30). The Morgan fingerprint density at radius 2 is 2.06 bits per heavy atom. The molecule has 1 saturated heterocycles. The molecule has 1 fully saturated rings. The summed E-state index contributed by atoms with van der Waals surface area (Å²) in [7, 11) is 0. The van der Waals surface area contributed by atoms with Crippen molar-refractivity contribution in [2.45, 2.75) is 13.8 Å². The number of aryl methyl sites for hydroxylation is 1. The van der Waals surface area contributed by atoms with E-state index in [0.29, 0.717) is 50.1 Å². The molecule has 1 aliphatic heterocycles. The predicted octanol–water partition coefficient (Wildman–Crippen LogP) is 4.75. The summed E-state index contributed by atoms with van der Waals surface area (Å²) in [4.78, 5) is 23.2. The average molecular weight is 463 g/mol. The number of hydrogen-bond donors (Lipinski definition) is 1. The van der Waals surface area contributed by atoms with Crippen molar-refractivity contribution in [1.82, 2.24) is 9.97 Å². The third-order valence-corrected chi connectivity index (χ3v) is 5.39. The van der Waals surface area contributed by atoms with Crippen LogP contribution in [0.5, 0.6) is 0 Å². The van der Waals surface area contributed by atoms with E-state index in [2.05, 4.69) is 15.2 Å². The van der Waals surface area contributed by atoms with E-state index in [9.17, 15) is 9.18 Å². The van der Waals surface area contributed by atoms with Gasteiger partial charge in [0, 0.05) is 36.6 Å². The highest BCUT2D eigenvalue weighted by molar-refractivity contribution is 5.87. The van der Waals surface area contributed by atoms with Crippen LogP contribution < -0.4 is 10.2 Å². The number of anilines is 3. The Bertz CT molecular complexity index is 1190. The molecule has 0 spiro atoms. The molecule has 3 aromatic rings. The summed E-state index contributed by atoms with van der Waals surface area (Å²) in [5.41, 5.74) is 3.92. The van der Waals surface area contributed by atoms with E-state index in [1.165, 1.54) is 12.1 Å². The number of benzene rings is 2. The molecule has 0 aliphatic carbocycles. The fourth-order valence-electron chi connectivity index (χ4n) is 3.67. The molecule has 0 unspecified atom stereocenters. The van der Waals surface area contributed by atoms with Crippen molar-refractivity contribution in [2.24, 2.45) is 0 Å². The number of nitrogens with one attached hydrogen (secondary N) is 1. The van der Waals surface area contributed by atoms with Crippen molar-refractivity contribution >= 4 is 29.5 Å². The zero-order valence-corrected chi connectivity index (χ0v) is 19.3. The normalized spacial score (nSPS) is 13.8. The molecule has 4 rings (SSSR count). The van der Waals surface area contributed by atoms with Crippen molar-refractivity contribution in [3.8, 4) is 11.1 Å². The molecule has 34 heavy (non-hydrogen) atoms. The quantitative estimate of drug-likeness (QED) is 0.401. The van der Waals surface area contributed by atoms with Crippen molar-refractivity contribution in [2.75, 3.05) is 43.1 Å². The topological polar surface area (TPSA) is 76.6 Å². The summed E-state index contributed by atoms with van der Waals surface area (Å²) in [6, 6.07) is 12.6. The van der Waals surface area contributed by atoms with Crippen molar-refractivity contribution < 1.29 is 18.7 Å². The monoisotopic (exact) mass is 462 g/mol. The number of morpholine rings is 1. The van der Waals surface area contributed by atoms with Gasteiger partial charge in [0.1, 0.15) is 11.6 Å². The Balaban J connectivity index is 1.67. The predicted molar refractivity (Wildman–Crippen MR) is 131 cm³/mol. The molecule has 176 valence electrons. The number of esters is 1. The van der Waals surface area contributed by atoms with Gasteiger partial charge < -0.3 is 19.7 Å². The second kappa shape index (κ2) is 10.9. The van der Waals surface area contributed by atoms with Gasteiger partial charge in [-0.15, -0.1) is 0 Å². The average Bonchev–Trinajstić information content (AvgIpc) is 2.86. The molecule has 0 bridgehead atoms. The lowest BCUT2D eigenvalue weighted by Crippen LogP contribution is -2.37. The SMILES string of the molecule is CCOC(=O)C=Cc1cccc(-c2cnc(Nc3ccc(F)c(C)c3)nc2N2CCOCC2)c1. The number of nitrogens with zero attached hydrogens (tertiary/aromatic N) is 3. The van der Waals surface area contributed by atoms with Crippen LogP contribution in [0.15, 0.2) is 54.7 Å². The number of carbonyl (C=O) groups excluding carboxylic acids is 1. The Hall–Kier alpha value is -3.78. The van der Waals surface area contributed by atoms with Crippen LogP contribution >= 0.6 is 0 Å². The van der Waals surface area contributed by atoms with E-state index in [-0.39, 0.29) is 11.8 Å². The van der Waals surface area contributed by atoms with Crippen LogP contribution in [-0.2, 0) is 14.3 Å². The van der Waals surface area contributed by atoms with Crippen LogP contribution in [0.4, 0.5) is 21.8 Å². The van der Waals surface area contributed by atoms with Crippen LogP contribution in [-0.4, -0.2) is 48.8 Å². The number of carbonyl (C=O) groups is 1. The molecular weight excluding hydrogens is 435 g/mol. The molecule has 0 atom stereocenters. The first-order valence-corrected chi connectivity index (χ1v) is 11.2. The highest BCUT2D eigenvalue weighted by atomic mass is 19.1. The van der Waals surface area contributed by atoms with Crippen LogP contribution in [0.2, 0.25) is 0 Å². The summed E-state index contributed by atoms with van der Waals surface area (Å²) in [6.45, 7) is 6.48. The van der Waals surface area contributed by atoms with E-state index in [4.69, 9.17) is 14.5 Å². The zero-order valence-electron chi connectivity index (χ0n) is 19.3. The second-order valence-electron chi connectivity index (χ2n) is 7.83. The van der Waals surface area contributed by atoms with Gasteiger partial charge in [0.05, 0.1) is 19.8 Å². The Morgan fingerprint density at radius 3 is 2.82 bits per heavy atom. The Labute approximate surface area is 198 Å². The minimum absolute atomic E-state index is 0.257. The van der Waals surface area contributed by atoms with Crippen molar-refractivity contribution in [3.05, 3.63) is 71.7 Å². The number of halogens is 1. The molecular formula is C26H27FN4O3. The molecule has 1 aromatic heterocycles. The summed E-state index contributed by atoms with van der Waals surface area (Å²) >= 11 is 0. The largest absolute Gasteiger partial charge is 0.463 e. The highest BCUT2D eigenvalue weighted by Crippen LogP contribution is 2.31. The molecule has 0 amide bonds. The van der Waals surface area contributed by atoms with Gasteiger partial charge in [-0.1, -0.05) is 18.2 Å². The fourth-order valence-corrected chi connectivity index (χ4v) is 3.67. The maximum absolute atomic E-state index is 13.6. The van der Waals surface area contributed by atoms with Gasteiger partial charge in [-0.3, -0.25) is 0 Å². The van der Waals surface area contributed by atoms with E-state index in [1.807, 2.05) is 24.3 Å². The Kier molecular flexibility index (Phi) is 7.49. The lowest BCUT2D eigenvalue weighted by molar-refractivity contribution is -0.137. The molecule has 0 radical (unpaired) electrons. The summed E-state index contributed by atoms with van der Waals surface area (Å²) in [6.07, 6.45) is 4.92. The smallest absolute Gasteiger partial charge is 0.330 e. The maximum Gasteiger partial charge on any atom is 0.330 e. The van der Waals surface area contributed by atoms with Gasteiger partial charge in [-0.25, -0.2) is 14.2 Å². The van der Waals surface area contributed by atoms with Crippen LogP contribution in [0.25, 0.3) is 17.2 Å². The number of ether oxygens (including phenoxy) is 2. The third kappa shape index (κ3) is 5.77. The van der Waals surface area contributed by atoms with Crippen LogP contribution in [0.3, 0.4) is 0 Å². The van der Waals surface area contributed by atoms with Gasteiger partial charge in [-0.05, 0) is 60.9 Å². The van der Waals surface area contributed by atoms with E-state index < -0.39 is 0 Å². The van der Waals surface area contributed by atoms with Crippen LogP contribution in [0.1, 0.15) is 18.1 Å². The fraction of sp³-hybridized carbons (Fsp3) is 0.269. The first kappa shape index (κ1) is 23.4. The van der Waals surface area contributed by atoms with E-state index in [1.54, 1.807) is 38.3 Å². The van der Waals surface area contributed by atoms with Gasteiger partial charge in [0.2, 0.25) is 5.95 Å². The van der Waals surface area contributed by atoms with Crippen molar-refractivity contribution in [1.29, 1.82) is 0 Å². The molecule has 1 aliphatic rings. The summed E-state index contributed by atoms with van der Waals surface area (Å²) in [5, 5.41) is 3.18. The van der Waals surface area contributed by atoms with Gasteiger partial charge >= 0.3 is 5.97 Å². The van der Waals surface area contributed by atoms with Gasteiger partial charge in [-0.2, -0.15) is 4.98 Å². The second-order valence-corrected chi connectivity index (χ2v) is 7.83. The molecule has 7 nitrogen and oxygen atoms in total. The minimum atomic E-state index is -0.378. The van der Waals surface area contributed by atoms with E-state index in [0.717, 1.165) is 22.5 Å². The zero-order chi connectivity index (χ0) is 23.9.